The van der Waals surface area contributed by atoms with Crippen LogP contribution in [0.3, 0.4) is 0 Å². The summed E-state index contributed by atoms with van der Waals surface area (Å²) in [5.74, 6) is 0.810. The van der Waals surface area contributed by atoms with Crippen LogP contribution < -0.4 is 9.80 Å². The standard InChI is InChI=1S/C32H40N6O4/c1-5-42-29-13-11-22(31(40)38-16-14-23(15-17-38)35(2)18-19-39)10-12-25(29)34-30-20-27-28(21-33-30)37(4)32(41)24-8-6-7-9-26(24)36(27)3/h6-10,12-13,20-23,39H,5,11,14-19H2,1-4H3. The van der Waals surface area contributed by atoms with Crippen LogP contribution in [0.25, 0.3) is 0 Å². The van der Waals surface area contributed by atoms with Gasteiger partial charge in [0.1, 0.15) is 11.5 Å². The minimum Gasteiger partial charge on any atom is -0.492 e. The highest BCUT2D eigenvalue weighted by molar-refractivity contribution is 6.14. The van der Waals surface area contributed by atoms with E-state index in [1.807, 2.05) is 79.4 Å². The van der Waals surface area contributed by atoms with Gasteiger partial charge in [-0.05, 0) is 57.5 Å². The molecule has 1 unspecified atom stereocenters. The van der Waals surface area contributed by atoms with Crippen molar-refractivity contribution in [2.24, 2.45) is 10.9 Å². The Morgan fingerprint density at radius 2 is 1.90 bits per heavy atom. The molecular weight excluding hydrogens is 532 g/mol. The quantitative estimate of drug-likeness (QED) is 0.537. The average molecular weight is 573 g/mol. The molecule has 1 atom stereocenters. The number of aliphatic hydroxyl groups is 1. The van der Waals surface area contributed by atoms with Gasteiger partial charge in [0, 0.05) is 45.8 Å². The Kier molecular flexibility index (Phi) is 9.03. The monoisotopic (exact) mass is 572 g/mol. The third-order valence-electron chi connectivity index (χ3n) is 8.37. The second kappa shape index (κ2) is 12.9. The fourth-order valence-electron chi connectivity index (χ4n) is 5.88. The number of carbonyl (C=O) groups excluding carboxylic acids is 2. The number of hydrogen-bond acceptors (Lipinski definition) is 8. The Hall–Kier alpha value is -4.02. The zero-order valence-electron chi connectivity index (χ0n) is 24.9. The number of allylic oxidation sites excluding steroid dienone is 2. The lowest BCUT2D eigenvalue weighted by molar-refractivity contribution is -0.135. The Labute approximate surface area is 247 Å². The molecular formula is C32H40N6O4. The predicted molar refractivity (Wildman–Crippen MR) is 165 cm³/mol. The molecule has 5 rings (SSSR count). The number of aliphatic imine (C=N–C) groups is 1. The summed E-state index contributed by atoms with van der Waals surface area (Å²) in [7, 11) is 5.71. The number of nitrogens with zero attached hydrogens (tertiary/aromatic N) is 6. The molecule has 10 nitrogen and oxygen atoms in total. The lowest BCUT2D eigenvalue weighted by atomic mass is 9.99. The molecule has 1 aliphatic carbocycles. The van der Waals surface area contributed by atoms with Crippen LogP contribution in [0.2, 0.25) is 0 Å². The molecule has 3 aliphatic rings. The topological polar surface area (TPSA) is 102 Å². The number of ether oxygens (including phenoxy) is 1. The molecule has 2 aromatic rings. The van der Waals surface area contributed by atoms with E-state index in [2.05, 4.69) is 9.88 Å². The van der Waals surface area contributed by atoms with Gasteiger partial charge in [0.05, 0.1) is 48.0 Å². The van der Waals surface area contributed by atoms with Crippen molar-refractivity contribution >= 4 is 40.4 Å². The molecule has 1 aromatic carbocycles. The lowest BCUT2D eigenvalue weighted by Crippen LogP contribution is -2.47. The highest BCUT2D eigenvalue weighted by atomic mass is 16.5. The van der Waals surface area contributed by atoms with Crippen molar-refractivity contribution in [2.45, 2.75) is 32.2 Å². The molecule has 0 saturated carbocycles. The largest absolute Gasteiger partial charge is 0.492 e. The van der Waals surface area contributed by atoms with Gasteiger partial charge in [0.25, 0.3) is 5.91 Å². The molecule has 10 heteroatoms. The molecule has 2 amide bonds. The number of likely N-dealkylation sites (tertiary alicyclic amines) is 1. The van der Waals surface area contributed by atoms with Gasteiger partial charge < -0.3 is 29.4 Å². The van der Waals surface area contributed by atoms with Gasteiger partial charge in [0.2, 0.25) is 5.91 Å². The maximum atomic E-state index is 13.5. The molecule has 1 saturated heterocycles. The number of para-hydroxylation sites is 1. The number of benzene rings is 1. The summed E-state index contributed by atoms with van der Waals surface area (Å²) in [6, 6.07) is 9.79. The van der Waals surface area contributed by atoms with E-state index in [-0.39, 0.29) is 24.3 Å². The Balaban J connectivity index is 1.38. The van der Waals surface area contributed by atoms with Gasteiger partial charge >= 0.3 is 0 Å². The lowest BCUT2D eigenvalue weighted by Gasteiger charge is -2.37. The van der Waals surface area contributed by atoms with Crippen molar-refractivity contribution in [3.63, 3.8) is 0 Å². The molecule has 1 N–H and O–H groups in total. The first-order valence-electron chi connectivity index (χ1n) is 14.6. The number of amides is 2. The SMILES string of the molecule is CCOC1=CCC(C(=O)N2CCC(N(C)CCO)CC2)C=CC1=Nc1cc2c(cn1)N(C)C(=O)c1ccccc1N2C. The van der Waals surface area contributed by atoms with Crippen molar-refractivity contribution in [1.29, 1.82) is 0 Å². The zero-order valence-corrected chi connectivity index (χ0v) is 24.9. The molecule has 222 valence electrons. The van der Waals surface area contributed by atoms with Crippen LogP contribution in [0.5, 0.6) is 0 Å². The Bertz CT molecular complexity index is 1410. The predicted octanol–water partition coefficient (Wildman–Crippen LogP) is 3.92. The van der Waals surface area contributed by atoms with Gasteiger partial charge in [-0.15, -0.1) is 0 Å². The van der Waals surface area contributed by atoms with Crippen LogP contribution in [0.15, 0.2) is 65.5 Å². The summed E-state index contributed by atoms with van der Waals surface area (Å²) in [4.78, 5) is 43.8. The van der Waals surface area contributed by atoms with E-state index in [1.54, 1.807) is 18.1 Å². The number of pyridine rings is 1. The molecule has 0 spiro atoms. The number of hydrogen-bond donors (Lipinski definition) is 1. The highest BCUT2D eigenvalue weighted by Crippen LogP contribution is 2.40. The molecule has 2 aliphatic heterocycles. The number of piperidine rings is 1. The van der Waals surface area contributed by atoms with E-state index in [0.29, 0.717) is 67.2 Å². The fraction of sp³-hybridized carbons (Fsp3) is 0.438. The average Bonchev–Trinajstić information content (AvgIpc) is 3.25. The number of likely N-dealkylation sites (N-methyl/N-ethyl adjacent to an activating group) is 1. The van der Waals surface area contributed by atoms with E-state index in [1.165, 1.54) is 0 Å². The minimum atomic E-state index is -0.304. The Morgan fingerprint density at radius 1 is 1.14 bits per heavy atom. The molecule has 1 fully saturated rings. The molecule has 0 bridgehead atoms. The number of anilines is 3. The molecule has 0 radical (unpaired) electrons. The Morgan fingerprint density at radius 3 is 2.64 bits per heavy atom. The van der Waals surface area contributed by atoms with Crippen LogP contribution in [-0.4, -0.2) is 97.4 Å². The van der Waals surface area contributed by atoms with Crippen LogP contribution in [0.4, 0.5) is 22.9 Å². The maximum absolute atomic E-state index is 13.5. The van der Waals surface area contributed by atoms with Gasteiger partial charge in [0.15, 0.2) is 5.82 Å². The number of aromatic nitrogens is 1. The van der Waals surface area contributed by atoms with E-state index in [0.717, 1.165) is 24.2 Å². The summed E-state index contributed by atoms with van der Waals surface area (Å²) in [6.07, 6.45) is 9.73. The van der Waals surface area contributed by atoms with Crippen molar-refractivity contribution in [3.8, 4) is 0 Å². The van der Waals surface area contributed by atoms with Crippen molar-refractivity contribution in [1.82, 2.24) is 14.8 Å². The summed E-state index contributed by atoms with van der Waals surface area (Å²) in [6.45, 7) is 4.60. The zero-order chi connectivity index (χ0) is 29.8. The summed E-state index contributed by atoms with van der Waals surface area (Å²) >= 11 is 0. The summed E-state index contributed by atoms with van der Waals surface area (Å²) in [5, 5.41) is 9.25. The van der Waals surface area contributed by atoms with Gasteiger partial charge in [-0.2, -0.15) is 0 Å². The third-order valence-corrected chi connectivity index (χ3v) is 8.37. The van der Waals surface area contributed by atoms with Crippen LogP contribution in [0, 0.1) is 5.92 Å². The van der Waals surface area contributed by atoms with E-state index >= 15 is 0 Å². The minimum absolute atomic E-state index is 0.0950. The second-order valence-corrected chi connectivity index (χ2v) is 10.9. The van der Waals surface area contributed by atoms with Crippen molar-refractivity contribution < 1.29 is 19.4 Å². The third kappa shape index (κ3) is 5.96. The van der Waals surface area contributed by atoms with Crippen LogP contribution in [0.1, 0.15) is 36.5 Å². The number of rotatable bonds is 7. The normalized spacial score (nSPS) is 20.3. The molecule has 1 aromatic heterocycles. The van der Waals surface area contributed by atoms with Crippen molar-refractivity contribution in [2.75, 3.05) is 63.8 Å². The molecule has 3 heterocycles. The summed E-state index contributed by atoms with van der Waals surface area (Å²) in [5.41, 5.74) is 3.54. The number of aliphatic hydroxyl groups excluding tert-OH is 1. The number of carbonyl (C=O) groups is 2. The highest BCUT2D eigenvalue weighted by Gasteiger charge is 2.30. The first-order chi connectivity index (χ1) is 20.3. The van der Waals surface area contributed by atoms with Gasteiger partial charge in [-0.3, -0.25) is 9.59 Å². The maximum Gasteiger partial charge on any atom is 0.260 e. The molecule has 42 heavy (non-hydrogen) atoms. The first kappa shape index (κ1) is 29.5. The first-order valence-corrected chi connectivity index (χ1v) is 14.6. The van der Waals surface area contributed by atoms with E-state index < -0.39 is 0 Å². The van der Waals surface area contributed by atoms with Crippen LogP contribution in [-0.2, 0) is 9.53 Å². The fourth-order valence-corrected chi connectivity index (χ4v) is 5.88. The van der Waals surface area contributed by atoms with Gasteiger partial charge in [-0.1, -0.05) is 18.2 Å². The van der Waals surface area contributed by atoms with Gasteiger partial charge in [-0.25, -0.2) is 9.98 Å². The summed E-state index contributed by atoms with van der Waals surface area (Å²) < 4.78 is 5.95. The number of fused-ring (bicyclic) bond motifs is 2. The second-order valence-electron chi connectivity index (χ2n) is 10.9. The van der Waals surface area contributed by atoms with Crippen LogP contribution >= 0.6 is 0 Å². The van der Waals surface area contributed by atoms with E-state index in [9.17, 15) is 14.7 Å². The van der Waals surface area contributed by atoms with Crippen molar-refractivity contribution in [3.05, 3.63) is 66.1 Å². The van der Waals surface area contributed by atoms with E-state index in [4.69, 9.17) is 9.73 Å². The smallest absolute Gasteiger partial charge is 0.260 e.